The summed E-state index contributed by atoms with van der Waals surface area (Å²) in [4.78, 5) is 22.9. The number of imidazole rings is 1. The first-order valence-corrected chi connectivity index (χ1v) is 7.52. The Kier molecular flexibility index (Phi) is 3.42. The van der Waals surface area contributed by atoms with Crippen molar-refractivity contribution in [3.05, 3.63) is 48.9 Å². The number of H-pyrrole nitrogens is 1. The molecule has 24 heavy (non-hydrogen) atoms. The first-order chi connectivity index (χ1) is 11.7. The van der Waals surface area contributed by atoms with Crippen LogP contribution in [0.3, 0.4) is 0 Å². The van der Waals surface area contributed by atoms with Gasteiger partial charge < -0.3 is 9.88 Å². The number of pyridine rings is 1. The molecule has 0 aromatic carbocycles. The summed E-state index contributed by atoms with van der Waals surface area (Å²) >= 11 is 0. The number of aryl methyl sites for hydroxylation is 1. The van der Waals surface area contributed by atoms with Gasteiger partial charge in [0.25, 0.3) is 0 Å². The van der Waals surface area contributed by atoms with Crippen molar-refractivity contribution in [3.63, 3.8) is 0 Å². The number of hydrogen-bond acceptors (Lipinski definition) is 6. The molecular weight excluding hydrogens is 304 g/mol. The maximum absolute atomic E-state index is 4.76. The average molecular weight is 320 g/mol. The number of hydrogen-bond donors (Lipinski definition) is 1. The lowest BCUT2D eigenvalue weighted by atomic mass is 10.2. The summed E-state index contributed by atoms with van der Waals surface area (Å²) in [6, 6.07) is 3.79. The Morgan fingerprint density at radius 3 is 2.75 bits per heavy atom. The molecule has 0 amide bonds. The minimum absolute atomic E-state index is 0.615. The van der Waals surface area contributed by atoms with Crippen LogP contribution in [0, 0.1) is 0 Å². The molecule has 0 aliphatic rings. The van der Waals surface area contributed by atoms with Gasteiger partial charge in [-0.2, -0.15) is 5.10 Å². The van der Waals surface area contributed by atoms with Crippen LogP contribution in [0.25, 0.3) is 22.4 Å². The first kappa shape index (κ1) is 14.3. The van der Waals surface area contributed by atoms with Crippen LogP contribution in [-0.4, -0.2) is 41.7 Å². The molecule has 0 spiro atoms. The summed E-state index contributed by atoms with van der Waals surface area (Å²) in [5.41, 5.74) is 1.71. The van der Waals surface area contributed by atoms with E-state index in [1.165, 1.54) is 0 Å². The molecule has 0 radical (unpaired) electrons. The Labute approximate surface area is 138 Å². The Hall–Kier alpha value is -3.29. The third-order valence-corrected chi connectivity index (χ3v) is 3.81. The van der Waals surface area contributed by atoms with E-state index in [4.69, 9.17) is 4.98 Å². The van der Waals surface area contributed by atoms with E-state index in [0.29, 0.717) is 12.4 Å². The Morgan fingerprint density at radius 1 is 1.17 bits per heavy atom. The van der Waals surface area contributed by atoms with E-state index in [-0.39, 0.29) is 0 Å². The second-order valence-corrected chi connectivity index (χ2v) is 5.50. The summed E-state index contributed by atoms with van der Waals surface area (Å²) < 4.78 is 1.76. The van der Waals surface area contributed by atoms with Crippen molar-refractivity contribution < 1.29 is 0 Å². The Balaban J connectivity index is 1.84. The SMILES string of the molecule is CN(Cc1ncc[nH]1)c1nc(-c2ccncc2)nc2c1cnn2C. The molecule has 8 nitrogen and oxygen atoms in total. The van der Waals surface area contributed by atoms with Crippen LogP contribution >= 0.6 is 0 Å². The number of rotatable bonds is 4. The number of fused-ring (bicyclic) bond motifs is 1. The van der Waals surface area contributed by atoms with Gasteiger partial charge in [0.15, 0.2) is 11.5 Å². The lowest BCUT2D eigenvalue weighted by molar-refractivity contribution is 0.785. The number of nitrogens with one attached hydrogen (secondary N) is 1. The lowest BCUT2D eigenvalue weighted by Gasteiger charge is -2.18. The molecule has 4 aromatic heterocycles. The van der Waals surface area contributed by atoms with E-state index in [2.05, 4.69) is 25.0 Å². The fourth-order valence-corrected chi connectivity index (χ4v) is 2.61. The van der Waals surface area contributed by atoms with Gasteiger partial charge in [-0.05, 0) is 12.1 Å². The van der Waals surface area contributed by atoms with E-state index in [1.54, 1.807) is 29.5 Å². The van der Waals surface area contributed by atoms with Crippen LogP contribution in [0.15, 0.2) is 43.1 Å². The van der Waals surface area contributed by atoms with Gasteiger partial charge in [0.05, 0.1) is 18.1 Å². The molecule has 0 bridgehead atoms. The minimum Gasteiger partial charge on any atom is -0.351 e. The molecule has 120 valence electrons. The van der Waals surface area contributed by atoms with Crippen LogP contribution in [0.5, 0.6) is 0 Å². The molecule has 1 N–H and O–H groups in total. The highest BCUT2D eigenvalue weighted by Gasteiger charge is 2.16. The molecule has 4 aromatic rings. The summed E-state index contributed by atoms with van der Waals surface area (Å²) in [5.74, 6) is 2.34. The van der Waals surface area contributed by atoms with Gasteiger partial charge in [-0.1, -0.05) is 0 Å². The van der Waals surface area contributed by atoms with E-state index < -0.39 is 0 Å². The lowest BCUT2D eigenvalue weighted by Crippen LogP contribution is -2.19. The molecule has 0 aliphatic carbocycles. The van der Waals surface area contributed by atoms with Crippen LogP contribution < -0.4 is 4.90 Å². The average Bonchev–Trinajstić information content (AvgIpc) is 3.25. The molecule has 0 fully saturated rings. The smallest absolute Gasteiger partial charge is 0.164 e. The van der Waals surface area contributed by atoms with Gasteiger partial charge in [-0.3, -0.25) is 9.67 Å². The molecular formula is C16H16N8. The van der Waals surface area contributed by atoms with Crippen molar-refractivity contribution >= 4 is 16.9 Å². The van der Waals surface area contributed by atoms with Gasteiger partial charge in [0, 0.05) is 44.4 Å². The van der Waals surface area contributed by atoms with Crippen LogP contribution in [0.2, 0.25) is 0 Å². The second-order valence-electron chi connectivity index (χ2n) is 5.50. The third kappa shape index (κ3) is 2.47. The van der Waals surface area contributed by atoms with Crippen LogP contribution in [0.1, 0.15) is 5.82 Å². The van der Waals surface area contributed by atoms with E-state index in [1.807, 2.05) is 37.3 Å². The summed E-state index contributed by atoms with van der Waals surface area (Å²) in [6.45, 7) is 0.615. The highest BCUT2D eigenvalue weighted by Crippen LogP contribution is 2.26. The zero-order chi connectivity index (χ0) is 16.5. The highest BCUT2D eigenvalue weighted by molar-refractivity contribution is 5.88. The van der Waals surface area contributed by atoms with Crippen molar-refractivity contribution in [2.24, 2.45) is 7.05 Å². The molecule has 0 aliphatic heterocycles. The first-order valence-electron chi connectivity index (χ1n) is 7.52. The topological polar surface area (TPSA) is 88.4 Å². The zero-order valence-corrected chi connectivity index (χ0v) is 13.4. The van der Waals surface area contributed by atoms with Crippen molar-refractivity contribution in [2.75, 3.05) is 11.9 Å². The quantitative estimate of drug-likeness (QED) is 0.616. The normalized spacial score (nSPS) is 11.1. The fraction of sp³-hybridized carbons (Fsp3) is 0.188. The number of aromatic nitrogens is 7. The van der Waals surface area contributed by atoms with Gasteiger partial charge in [-0.15, -0.1) is 0 Å². The van der Waals surface area contributed by atoms with Crippen LogP contribution in [0.4, 0.5) is 5.82 Å². The van der Waals surface area contributed by atoms with Gasteiger partial charge in [0.2, 0.25) is 0 Å². The van der Waals surface area contributed by atoms with E-state index >= 15 is 0 Å². The summed E-state index contributed by atoms with van der Waals surface area (Å²) in [5, 5.41) is 5.23. The number of aromatic amines is 1. The summed E-state index contributed by atoms with van der Waals surface area (Å²) in [6.07, 6.45) is 8.81. The molecule has 0 unspecified atom stereocenters. The predicted molar refractivity (Wildman–Crippen MR) is 90.2 cm³/mol. The molecule has 4 rings (SSSR count). The maximum Gasteiger partial charge on any atom is 0.164 e. The maximum atomic E-state index is 4.76. The fourth-order valence-electron chi connectivity index (χ4n) is 2.61. The molecule has 8 heteroatoms. The van der Waals surface area contributed by atoms with Gasteiger partial charge >= 0.3 is 0 Å². The third-order valence-electron chi connectivity index (χ3n) is 3.81. The number of anilines is 1. The number of nitrogens with zero attached hydrogens (tertiary/aromatic N) is 7. The van der Waals surface area contributed by atoms with Crippen molar-refractivity contribution in [3.8, 4) is 11.4 Å². The van der Waals surface area contributed by atoms with Crippen molar-refractivity contribution in [2.45, 2.75) is 6.54 Å². The highest BCUT2D eigenvalue weighted by atomic mass is 15.3. The monoisotopic (exact) mass is 320 g/mol. The largest absolute Gasteiger partial charge is 0.351 e. The van der Waals surface area contributed by atoms with E-state index in [9.17, 15) is 0 Å². The molecule has 0 atom stereocenters. The predicted octanol–water partition coefficient (Wildman–Crippen LogP) is 1.78. The van der Waals surface area contributed by atoms with Crippen LogP contribution in [-0.2, 0) is 13.6 Å². The molecule has 0 saturated carbocycles. The van der Waals surface area contributed by atoms with Crippen molar-refractivity contribution in [1.29, 1.82) is 0 Å². The van der Waals surface area contributed by atoms with Gasteiger partial charge in [-0.25, -0.2) is 15.0 Å². The van der Waals surface area contributed by atoms with Crippen molar-refractivity contribution in [1.82, 2.24) is 34.7 Å². The Morgan fingerprint density at radius 2 is 2.00 bits per heavy atom. The van der Waals surface area contributed by atoms with E-state index in [0.717, 1.165) is 28.2 Å². The molecule has 0 saturated heterocycles. The molecule has 4 heterocycles. The minimum atomic E-state index is 0.615. The summed E-state index contributed by atoms with van der Waals surface area (Å²) in [7, 11) is 3.86. The Bertz CT molecular complexity index is 959. The second kappa shape index (κ2) is 5.73. The van der Waals surface area contributed by atoms with Gasteiger partial charge in [0.1, 0.15) is 11.6 Å². The standard InChI is InChI=1S/C16H16N8/c1-23(10-13-18-7-8-19-13)15-12-9-20-24(2)16(12)22-14(21-15)11-3-5-17-6-4-11/h3-9H,10H2,1-2H3,(H,18,19). The zero-order valence-electron chi connectivity index (χ0n) is 13.4.